The Labute approximate surface area is 140 Å². The average Bonchev–Trinajstić information content (AvgIpc) is 2.97. The molecule has 2 fully saturated rings. The molecule has 0 aliphatic carbocycles. The van der Waals surface area contributed by atoms with E-state index in [4.69, 9.17) is 4.74 Å². The third-order valence-electron chi connectivity index (χ3n) is 5.21. The number of nitrogens with zero attached hydrogens (tertiary/aromatic N) is 4. The summed E-state index contributed by atoms with van der Waals surface area (Å²) in [6.07, 6.45) is 7.24. The van der Waals surface area contributed by atoms with Crippen molar-refractivity contribution in [1.29, 1.82) is 0 Å². The Hall–Kier alpha value is -0.940. The van der Waals surface area contributed by atoms with Crippen molar-refractivity contribution in [2.24, 2.45) is 11.8 Å². The van der Waals surface area contributed by atoms with Gasteiger partial charge in [0.25, 0.3) is 0 Å². The Morgan fingerprint density at radius 1 is 1.13 bits per heavy atom. The molecule has 0 spiro atoms. The molecule has 3 rings (SSSR count). The minimum Gasteiger partial charge on any atom is -0.381 e. The highest BCUT2D eigenvalue weighted by Crippen LogP contribution is 2.23. The first-order valence-corrected chi connectivity index (χ1v) is 9.21. The quantitative estimate of drug-likeness (QED) is 0.855. The van der Waals surface area contributed by atoms with Crippen LogP contribution in [0, 0.1) is 11.8 Å². The first-order chi connectivity index (χ1) is 11.0. The highest BCUT2D eigenvalue weighted by atomic mass is 16.5. The molecule has 130 valence electrons. The van der Waals surface area contributed by atoms with Crippen molar-refractivity contribution in [1.82, 2.24) is 19.9 Å². The summed E-state index contributed by atoms with van der Waals surface area (Å²) in [6.45, 7) is 13.2. The molecule has 5 heteroatoms. The second-order valence-corrected chi connectivity index (χ2v) is 8.40. The Kier molecular flexibility index (Phi) is 5.37. The topological polar surface area (TPSA) is 43.2 Å². The van der Waals surface area contributed by atoms with E-state index in [0.29, 0.717) is 5.92 Å². The molecule has 1 unspecified atom stereocenters. The molecule has 2 aliphatic rings. The van der Waals surface area contributed by atoms with Gasteiger partial charge in [-0.25, -0.2) is 0 Å². The molecule has 0 bridgehead atoms. The van der Waals surface area contributed by atoms with Crippen LogP contribution in [0.15, 0.2) is 6.20 Å². The van der Waals surface area contributed by atoms with Crippen molar-refractivity contribution in [3.63, 3.8) is 0 Å². The maximum absolute atomic E-state index is 5.48. The van der Waals surface area contributed by atoms with E-state index in [2.05, 4.69) is 46.9 Å². The molecule has 0 saturated carbocycles. The van der Waals surface area contributed by atoms with Crippen molar-refractivity contribution in [2.75, 3.05) is 32.8 Å². The molecule has 0 aromatic carbocycles. The van der Waals surface area contributed by atoms with Crippen molar-refractivity contribution in [3.05, 3.63) is 11.9 Å². The maximum atomic E-state index is 5.48. The standard InChI is InChI=1S/C18H32N4O/c1-18(2,3)17-14-22(20-19-17)13-16-5-4-8-21(12-16)11-15-6-9-23-10-7-15/h14-16H,4-13H2,1-3H3. The molecular weight excluding hydrogens is 288 g/mol. The fraction of sp³-hybridized carbons (Fsp3) is 0.889. The van der Waals surface area contributed by atoms with Crippen LogP contribution < -0.4 is 0 Å². The lowest BCUT2D eigenvalue weighted by Crippen LogP contribution is -2.40. The number of rotatable bonds is 4. The number of hydrogen-bond acceptors (Lipinski definition) is 4. The predicted octanol–water partition coefficient (Wildman–Crippen LogP) is 2.71. The Balaban J connectivity index is 1.51. The summed E-state index contributed by atoms with van der Waals surface area (Å²) in [5, 5.41) is 8.70. The van der Waals surface area contributed by atoms with Gasteiger partial charge < -0.3 is 9.64 Å². The largest absolute Gasteiger partial charge is 0.381 e. The molecule has 1 atom stereocenters. The van der Waals surface area contributed by atoms with Crippen molar-refractivity contribution >= 4 is 0 Å². The number of piperidine rings is 1. The Morgan fingerprint density at radius 3 is 2.61 bits per heavy atom. The van der Waals surface area contributed by atoms with Crippen LogP contribution in [-0.4, -0.2) is 52.7 Å². The SMILES string of the molecule is CC(C)(C)c1cn(CC2CCCN(CC3CCOCC3)C2)nn1. The summed E-state index contributed by atoms with van der Waals surface area (Å²) in [4.78, 5) is 2.67. The van der Waals surface area contributed by atoms with Crippen LogP contribution in [0.1, 0.15) is 52.1 Å². The first kappa shape index (κ1) is 16.9. The van der Waals surface area contributed by atoms with Crippen LogP contribution in [-0.2, 0) is 16.7 Å². The molecule has 1 aromatic rings. The van der Waals surface area contributed by atoms with Crippen molar-refractivity contribution < 1.29 is 4.74 Å². The van der Waals surface area contributed by atoms with Crippen molar-refractivity contribution in [3.8, 4) is 0 Å². The minimum atomic E-state index is 0.0832. The van der Waals surface area contributed by atoms with E-state index in [0.717, 1.165) is 31.4 Å². The molecule has 2 saturated heterocycles. The van der Waals surface area contributed by atoms with Gasteiger partial charge >= 0.3 is 0 Å². The lowest BCUT2D eigenvalue weighted by atomic mass is 9.93. The molecule has 1 aromatic heterocycles. The van der Waals surface area contributed by atoms with Gasteiger partial charge in [-0.15, -0.1) is 5.10 Å². The number of ether oxygens (including phenoxy) is 1. The van der Waals surface area contributed by atoms with Gasteiger partial charge in [-0.2, -0.15) is 0 Å². The molecule has 23 heavy (non-hydrogen) atoms. The molecule has 2 aliphatic heterocycles. The van der Waals surface area contributed by atoms with Crippen LogP contribution in [0.25, 0.3) is 0 Å². The Bertz CT molecular complexity index is 487. The van der Waals surface area contributed by atoms with Crippen molar-refractivity contribution in [2.45, 2.75) is 58.4 Å². The minimum absolute atomic E-state index is 0.0832. The van der Waals surface area contributed by atoms with Gasteiger partial charge in [0, 0.05) is 44.5 Å². The average molecular weight is 320 g/mol. The summed E-state index contributed by atoms with van der Waals surface area (Å²) in [6, 6.07) is 0. The number of hydrogen-bond donors (Lipinski definition) is 0. The van der Waals surface area contributed by atoms with Crippen LogP contribution in [0.3, 0.4) is 0 Å². The zero-order valence-electron chi connectivity index (χ0n) is 15.0. The fourth-order valence-electron chi connectivity index (χ4n) is 3.76. The molecular formula is C18H32N4O. The van der Waals surface area contributed by atoms with Gasteiger partial charge in [0.2, 0.25) is 0 Å². The van der Waals surface area contributed by atoms with E-state index in [-0.39, 0.29) is 5.41 Å². The lowest BCUT2D eigenvalue weighted by molar-refractivity contribution is 0.0440. The van der Waals surface area contributed by atoms with Crippen LogP contribution in [0.2, 0.25) is 0 Å². The van der Waals surface area contributed by atoms with E-state index < -0.39 is 0 Å². The van der Waals surface area contributed by atoms with E-state index in [1.165, 1.54) is 45.3 Å². The summed E-state index contributed by atoms with van der Waals surface area (Å²) in [7, 11) is 0. The maximum Gasteiger partial charge on any atom is 0.0880 e. The zero-order valence-corrected chi connectivity index (χ0v) is 15.0. The molecule has 5 nitrogen and oxygen atoms in total. The summed E-state index contributed by atoms with van der Waals surface area (Å²) < 4.78 is 7.54. The van der Waals surface area contributed by atoms with E-state index >= 15 is 0 Å². The van der Waals surface area contributed by atoms with Crippen LogP contribution in [0.4, 0.5) is 0 Å². The zero-order chi connectivity index (χ0) is 16.3. The smallest absolute Gasteiger partial charge is 0.0880 e. The third-order valence-corrected chi connectivity index (χ3v) is 5.21. The lowest BCUT2D eigenvalue weighted by Gasteiger charge is -2.35. The van der Waals surface area contributed by atoms with E-state index in [1.54, 1.807) is 0 Å². The monoisotopic (exact) mass is 320 g/mol. The van der Waals surface area contributed by atoms with Gasteiger partial charge in [-0.1, -0.05) is 26.0 Å². The third kappa shape index (κ3) is 4.77. The summed E-state index contributed by atoms with van der Waals surface area (Å²) >= 11 is 0. The van der Waals surface area contributed by atoms with Crippen LogP contribution >= 0.6 is 0 Å². The number of likely N-dealkylation sites (tertiary alicyclic amines) is 1. The molecule has 0 amide bonds. The fourth-order valence-corrected chi connectivity index (χ4v) is 3.76. The van der Waals surface area contributed by atoms with E-state index in [9.17, 15) is 0 Å². The molecule has 0 N–H and O–H groups in total. The highest BCUT2D eigenvalue weighted by molar-refractivity contribution is 5.06. The summed E-state index contributed by atoms with van der Waals surface area (Å²) in [5.41, 5.74) is 1.17. The molecule has 0 radical (unpaired) electrons. The van der Waals surface area contributed by atoms with E-state index in [1.807, 2.05) is 0 Å². The summed E-state index contributed by atoms with van der Waals surface area (Å²) in [5.74, 6) is 1.54. The first-order valence-electron chi connectivity index (χ1n) is 9.21. The molecule has 3 heterocycles. The van der Waals surface area contributed by atoms with Gasteiger partial charge in [0.15, 0.2) is 0 Å². The number of aromatic nitrogens is 3. The second-order valence-electron chi connectivity index (χ2n) is 8.40. The van der Waals surface area contributed by atoms with Gasteiger partial charge in [-0.3, -0.25) is 4.68 Å². The van der Waals surface area contributed by atoms with Gasteiger partial charge in [0.05, 0.1) is 5.69 Å². The highest BCUT2D eigenvalue weighted by Gasteiger charge is 2.25. The van der Waals surface area contributed by atoms with Gasteiger partial charge in [0.1, 0.15) is 0 Å². The predicted molar refractivity (Wildman–Crippen MR) is 91.4 cm³/mol. The normalized spacial score (nSPS) is 24.9. The Morgan fingerprint density at radius 2 is 1.91 bits per heavy atom. The van der Waals surface area contributed by atoms with Gasteiger partial charge in [-0.05, 0) is 44.1 Å². The van der Waals surface area contributed by atoms with Crippen LogP contribution in [0.5, 0.6) is 0 Å². The second kappa shape index (κ2) is 7.31.